The fourth-order valence-corrected chi connectivity index (χ4v) is 1.41. The van der Waals surface area contributed by atoms with Crippen LogP contribution in [0.5, 0.6) is 0 Å². The van der Waals surface area contributed by atoms with E-state index in [1.54, 1.807) is 0 Å². The third kappa shape index (κ3) is 6.35. The maximum atomic E-state index is 12.6. The van der Waals surface area contributed by atoms with E-state index >= 15 is 0 Å². The number of thioether (sulfide) groups is 1. The fraction of sp³-hybridized carbons (Fsp3) is 0.875. The lowest BCUT2D eigenvalue weighted by Gasteiger charge is -2.02. The molecule has 66 valence electrons. The highest BCUT2D eigenvalue weighted by molar-refractivity contribution is 8.13. The van der Waals surface area contributed by atoms with Crippen molar-refractivity contribution in [2.45, 2.75) is 39.3 Å². The molecule has 1 nitrogen and oxygen atoms in total. The van der Waals surface area contributed by atoms with Crippen molar-refractivity contribution in [1.82, 2.24) is 0 Å². The van der Waals surface area contributed by atoms with Crippen LogP contribution in [-0.4, -0.2) is 17.0 Å². The normalized spacial score (nSPS) is 13.0. The molecule has 0 heterocycles. The third-order valence-electron chi connectivity index (χ3n) is 1.43. The molecule has 0 rings (SSSR count). The van der Waals surface area contributed by atoms with Gasteiger partial charge in [0.15, 0.2) is 5.12 Å². The van der Waals surface area contributed by atoms with Crippen LogP contribution in [0.25, 0.3) is 0 Å². The fourth-order valence-electron chi connectivity index (χ4n) is 0.607. The van der Waals surface area contributed by atoms with Crippen molar-refractivity contribution < 1.29 is 9.18 Å². The minimum atomic E-state index is -0.729. The molecule has 0 radical (unpaired) electrons. The summed E-state index contributed by atoms with van der Waals surface area (Å²) in [6.45, 7) is 3.64. The lowest BCUT2D eigenvalue weighted by atomic mass is 10.2. The van der Waals surface area contributed by atoms with Crippen LogP contribution in [0.15, 0.2) is 0 Å². The summed E-state index contributed by atoms with van der Waals surface area (Å²) in [5.41, 5.74) is 0. The Morgan fingerprint density at radius 1 is 1.55 bits per heavy atom. The van der Waals surface area contributed by atoms with E-state index in [2.05, 4.69) is 0 Å². The quantitative estimate of drug-likeness (QED) is 0.644. The first-order valence-corrected chi connectivity index (χ1v) is 4.99. The molecule has 0 spiro atoms. The molecule has 0 aromatic heterocycles. The molecule has 0 saturated heterocycles. The summed E-state index contributed by atoms with van der Waals surface area (Å²) in [5.74, 6) is 0.627. The molecule has 0 bridgehead atoms. The third-order valence-corrected chi connectivity index (χ3v) is 2.48. The van der Waals surface area contributed by atoms with Crippen LogP contribution in [0.3, 0.4) is 0 Å². The molecule has 0 aliphatic carbocycles. The summed E-state index contributed by atoms with van der Waals surface area (Å²) < 4.78 is 12.6. The number of halogens is 1. The molecule has 11 heavy (non-hydrogen) atoms. The number of carbonyl (C=O) groups is 1. The summed E-state index contributed by atoms with van der Waals surface area (Å²) >= 11 is 1.24. The SMILES string of the molecule is CCC(=O)SCCC(F)CC. The van der Waals surface area contributed by atoms with Crippen molar-refractivity contribution in [2.75, 3.05) is 5.75 Å². The number of carbonyl (C=O) groups excluding carboxylic acids is 1. The van der Waals surface area contributed by atoms with Crippen LogP contribution in [0.1, 0.15) is 33.1 Å². The van der Waals surface area contributed by atoms with Crippen molar-refractivity contribution in [3.05, 3.63) is 0 Å². The maximum absolute atomic E-state index is 12.6. The van der Waals surface area contributed by atoms with Gasteiger partial charge in [-0.25, -0.2) is 4.39 Å². The Labute approximate surface area is 71.7 Å². The van der Waals surface area contributed by atoms with E-state index in [1.165, 1.54) is 11.8 Å². The summed E-state index contributed by atoms with van der Waals surface area (Å²) in [4.78, 5) is 10.7. The number of alkyl halides is 1. The van der Waals surface area contributed by atoms with Crippen LogP contribution in [-0.2, 0) is 4.79 Å². The van der Waals surface area contributed by atoms with Gasteiger partial charge in [-0.15, -0.1) is 0 Å². The van der Waals surface area contributed by atoms with Crippen LogP contribution < -0.4 is 0 Å². The molecule has 0 aromatic carbocycles. The molecule has 1 atom stereocenters. The first-order chi connectivity index (χ1) is 5.20. The zero-order valence-corrected chi connectivity index (χ0v) is 7.92. The lowest BCUT2D eigenvalue weighted by molar-refractivity contribution is -0.110. The Morgan fingerprint density at radius 2 is 2.18 bits per heavy atom. The van der Waals surface area contributed by atoms with Gasteiger partial charge in [0.25, 0.3) is 0 Å². The molecule has 0 aliphatic rings. The predicted octanol–water partition coefficient (Wildman–Crippen LogP) is 2.79. The molecule has 0 aliphatic heterocycles. The highest BCUT2D eigenvalue weighted by Gasteiger charge is 2.04. The van der Waals surface area contributed by atoms with Gasteiger partial charge in [-0.2, -0.15) is 0 Å². The summed E-state index contributed by atoms with van der Waals surface area (Å²) in [5, 5.41) is 0.160. The minimum Gasteiger partial charge on any atom is -0.287 e. The topological polar surface area (TPSA) is 17.1 Å². The highest BCUT2D eigenvalue weighted by Crippen LogP contribution is 2.11. The van der Waals surface area contributed by atoms with Gasteiger partial charge in [-0.05, 0) is 12.8 Å². The van der Waals surface area contributed by atoms with Crippen LogP contribution in [0, 0.1) is 0 Å². The Morgan fingerprint density at radius 3 is 2.64 bits per heavy atom. The second-order valence-electron chi connectivity index (χ2n) is 2.37. The number of rotatable bonds is 5. The van der Waals surface area contributed by atoms with E-state index in [1.807, 2.05) is 13.8 Å². The Kier molecular flexibility index (Phi) is 6.62. The molecule has 0 fully saturated rings. The van der Waals surface area contributed by atoms with E-state index in [4.69, 9.17) is 0 Å². The zero-order chi connectivity index (χ0) is 8.69. The summed E-state index contributed by atoms with van der Waals surface area (Å²) in [6, 6.07) is 0. The molecule has 0 amide bonds. The van der Waals surface area contributed by atoms with E-state index < -0.39 is 6.17 Å². The van der Waals surface area contributed by atoms with Crippen molar-refractivity contribution in [1.29, 1.82) is 0 Å². The lowest BCUT2D eigenvalue weighted by Crippen LogP contribution is -2.00. The van der Waals surface area contributed by atoms with Gasteiger partial charge in [0.2, 0.25) is 0 Å². The van der Waals surface area contributed by atoms with Gasteiger partial charge < -0.3 is 0 Å². The molecular formula is C8H15FOS. The number of hydrogen-bond acceptors (Lipinski definition) is 2. The van der Waals surface area contributed by atoms with Gasteiger partial charge in [-0.3, -0.25) is 4.79 Å². The average molecular weight is 178 g/mol. The molecule has 1 unspecified atom stereocenters. The minimum absolute atomic E-state index is 0.160. The monoisotopic (exact) mass is 178 g/mol. The Hall–Kier alpha value is -0.0500. The van der Waals surface area contributed by atoms with Crippen molar-refractivity contribution in [3.63, 3.8) is 0 Å². The first-order valence-electron chi connectivity index (χ1n) is 4.00. The van der Waals surface area contributed by atoms with Gasteiger partial charge in [0, 0.05) is 12.2 Å². The van der Waals surface area contributed by atoms with Crippen molar-refractivity contribution in [3.8, 4) is 0 Å². The molecule has 0 N–H and O–H groups in total. The largest absolute Gasteiger partial charge is 0.287 e. The zero-order valence-electron chi connectivity index (χ0n) is 7.10. The summed E-state index contributed by atoms with van der Waals surface area (Å²) in [6.07, 6.45) is 0.883. The smallest absolute Gasteiger partial charge is 0.188 e. The molecule has 0 aromatic rings. The van der Waals surface area contributed by atoms with Gasteiger partial charge in [0.1, 0.15) is 6.17 Å². The second kappa shape index (κ2) is 6.65. The van der Waals surface area contributed by atoms with Crippen LogP contribution in [0.2, 0.25) is 0 Å². The van der Waals surface area contributed by atoms with E-state index in [0.717, 1.165) is 0 Å². The average Bonchev–Trinajstić information content (AvgIpc) is 2.04. The van der Waals surface area contributed by atoms with Gasteiger partial charge in [0.05, 0.1) is 0 Å². The van der Waals surface area contributed by atoms with Crippen LogP contribution >= 0.6 is 11.8 Å². The molecular weight excluding hydrogens is 163 g/mol. The number of hydrogen-bond donors (Lipinski definition) is 0. The van der Waals surface area contributed by atoms with Crippen molar-refractivity contribution >= 4 is 16.9 Å². The highest BCUT2D eigenvalue weighted by atomic mass is 32.2. The Balaban J connectivity index is 3.20. The van der Waals surface area contributed by atoms with Crippen molar-refractivity contribution in [2.24, 2.45) is 0 Å². The maximum Gasteiger partial charge on any atom is 0.188 e. The predicted molar refractivity (Wildman–Crippen MR) is 47.6 cm³/mol. The first kappa shape index (κ1) is 11.0. The van der Waals surface area contributed by atoms with E-state index in [-0.39, 0.29) is 5.12 Å². The Bertz CT molecular complexity index is 117. The van der Waals surface area contributed by atoms with Crippen LogP contribution in [0.4, 0.5) is 4.39 Å². The molecule has 3 heteroatoms. The standard InChI is InChI=1S/C8H15FOS/c1-3-7(9)5-6-11-8(10)4-2/h7H,3-6H2,1-2H3. The molecule has 0 saturated carbocycles. The summed E-state index contributed by atoms with van der Waals surface area (Å²) in [7, 11) is 0. The second-order valence-corrected chi connectivity index (χ2v) is 3.52. The van der Waals surface area contributed by atoms with E-state index in [0.29, 0.717) is 25.0 Å². The van der Waals surface area contributed by atoms with Gasteiger partial charge >= 0.3 is 0 Å². The van der Waals surface area contributed by atoms with E-state index in [9.17, 15) is 9.18 Å². The van der Waals surface area contributed by atoms with Gasteiger partial charge in [-0.1, -0.05) is 25.6 Å².